The van der Waals surface area contributed by atoms with Crippen LogP contribution in [-0.2, 0) is 6.18 Å². The standard InChI is InChI=1S/C13H8BrF4NO/c14-10-2-1-7(5-9(10)13(16,17)18)12(20)8-3-4-19-6-11(8)15/h1-6,12,20H. The number of rotatable bonds is 2. The zero-order valence-corrected chi connectivity index (χ0v) is 11.4. The van der Waals surface area contributed by atoms with Gasteiger partial charge in [-0.15, -0.1) is 0 Å². The fraction of sp³-hybridized carbons (Fsp3) is 0.154. The Hall–Kier alpha value is -1.47. The Morgan fingerprint density at radius 1 is 1.20 bits per heavy atom. The lowest BCUT2D eigenvalue weighted by atomic mass is 10.00. The molecule has 2 aromatic rings. The van der Waals surface area contributed by atoms with Crippen molar-refractivity contribution in [1.82, 2.24) is 4.98 Å². The van der Waals surface area contributed by atoms with Crippen molar-refractivity contribution < 1.29 is 22.7 Å². The first-order valence-electron chi connectivity index (χ1n) is 5.45. The highest BCUT2D eigenvalue weighted by Gasteiger charge is 2.33. The van der Waals surface area contributed by atoms with Gasteiger partial charge in [-0.1, -0.05) is 22.0 Å². The third kappa shape index (κ3) is 2.99. The van der Waals surface area contributed by atoms with Gasteiger partial charge >= 0.3 is 6.18 Å². The Balaban J connectivity index is 2.46. The summed E-state index contributed by atoms with van der Waals surface area (Å²) >= 11 is 2.80. The molecule has 7 heteroatoms. The van der Waals surface area contributed by atoms with Crippen molar-refractivity contribution in [2.45, 2.75) is 12.3 Å². The molecule has 1 heterocycles. The molecule has 0 aliphatic heterocycles. The van der Waals surface area contributed by atoms with Gasteiger partial charge in [-0.25, -0.2) is 4.39 Å². The molecule has 0 amide bonds. The highest BCUT2D eigenvalue weighted by atomic mass is 79.9. The summed E-state index contributed by atoms with van der Waals surface area (Å²) in [5.41, 5.74) is -1.11. The highest BCUT2D eigenvalue weighted by molar-refractivity contribution is 9.10. The summed E-state index contributed by atoms with van der Waals surface area (Å²) in [5.74, 6) is -0.781. The van der Waals surface area contributed by atoms with Crippen LogP contribution in [0.2, 0.25) is 0 Å². The monoisotopic (exact) mass is 349 g/mol. The van der Waals surface area contributed by atoms with E-state index in [2.05, 4.69) is 20.9 Å². The Bertz CT molecular complexity index is 630. The van der Waals surface area contributed by atoms with E-state index in [4.69, 9.17) is 0 Å². The van der Waals surface area contributed by atoms with Crippen LogP contribution in [0.4, 0.5) is 17.6 Å². The summed E-state index contributed by atoms with van der Waals surface area (Å²) in [5, 5.41) is 10.0. The number of hydrogen-bond donors (Lipinski definition) is 1. The van der Waals surface area contributed by atoms with Gasteiger partial charge in [0, 0.05) is 16.2 Å². The van der Waals surface area contributed by atoms with Gasteiger partial charge in [0.1, 0.15) is 11.9 Å². The average Bonchev–Trinajstić information content (AvgIpc) is 2.37. The summed E-state index contributed by atoms with van der Waals surface area (Å²) in [4.78, 5) is 3.52. The quantitative estimate of drug-likeness (QED) is 0.828. The molecule has 0 aliphatic carbocycles. The first kappa shape index (κ1) is 14.9. The van der Waals surface area contributed by atoms with E-state index >= 15 is 0 Å². The van der Waals surface area contributed by atoms with E-state index in [-0.39, 0.29) is 15.6 Å². The maximum atomic E-state index is 13.5. The number of pyridine rings is 1. The molecule has 0 saturated carbocycles. The smallest absolute Gasteiger partial charge is 0.384 e. The van der Waals surface area contributed by atoms with E-state index in [9.17, 15) is 22.7 Å². The third-order valence-electron chi connectivity index (χ3n) is 2.71. The summed E-state index contributed by atoms with van der Waals surface area (Å²) in [6, 6.07) is 4.47. The molecule has 106 valence electrons. The van der Waals surface area contributed by atoms with E-state index in [1.54, 1.807) is 0 Å². The van der Waals surface area contributed by atoms with E-state index in [1.807, 2.05) is 0 Å². The first-order valence-corrected chi connectivity index (χ1v) is 6.24. The second kappa shape index (κ2) is 5.49. The van der Waals surface area contributed by atoms with Crippen LogP contribution in [0.15, 0.2) is 41.1 Å². The van der Waals surface area contributed by atoms with Gasteiger partial charge in [0.25, 0.3) is 0 Å². The topological polar surface area (TPSA) is 33.1 Å². The zero-order valence-electron chi connectivity index (χ0n) is 9.83. The van der Waals surface area contributed by atoms with Gasteiger partial charge in [-0.3, -0.25) is 4.98 Å². The summed E-state index contributed by atoms with van der Waals surface area (Å²) < 4.78 is 51.7. The first-order chi connectivity index (χ1) is 9.30. The molecule has 1 aromatic carbocycles. The predicted octanol–water partition coefficient (Wildman–Crippen LogP) is 4.08. The molecule has 0 bridgehead atoms. The number of hydrogen-bond acceptors (Lipinski definition) is 2. The zero-order chi connectivity index (χ0) is 14.9. The van der Waals surface area contributed by atoms with Crippen LogP contribution in [0.25, 0.3) is 0 Å². The van der Waals surface area contributed by atoms with Crippen LogP contribution in [0, 0.1) is 5.82 Å². The number of halogens is 5. The second-order valence-corrected chi connectivity index (χ2v) is 4.89. The molecule has 1 N–H and O–H groups in total. The van der Waals surface area contributed by atoms with Crippen LogP contribution in [0.3, 0.4) is 0 Å². The third-order valence-corrected chi connectivity index (χ3v) is 3.40. The fourth-order valence-corrected chi connectivity index (χ4v) is 2.19. The molecule has 0 saturated heterocycles. The minimum Gasteiger partial charge on any atom is -0.384 e. The number of nitrogens with zero attached hydrogens (tertiary/aromatic N) is 1. The number of aliphatic hydroxyl groups is 1. The number of alkyl halides is 3. The number of benzene rings is 1. The van der Waals surface area contributed by atoms with Crippen LogP contribution in [-0.4, -0.2) is 10.1 Å². The van der Waals surface area contributed by atoms with Crippen molar-refractivity contribution in [3.8, 4) is 0 Å². The Morgan fingerprint density at radius 2 is 1.90 bits per heavy atom. The number of aliphatic hydroxyl groups excluding tert-OH is 1. The SMILES string of the molecule is OC(c1ccc(Br)c(C(F)(F)F)c1)c1ccncc1F. The Morgan fingerprint density at radius 3 is 2.50 bits per heavy atom. The van der Waals surface area contributed by atoms with Gasteiger partial charge in [0.05, 0.1) is 11.8 Å². The summed E-state index contributed by atoms with van der Waals surface area (Å²) in [7, 11) is 0. The lowest BCUT2D eigenvalue weighted by Gasteiger charge is -2.15. The second-order valence-electron chi connectivity index (χ2n) is 4.04. The van der Waals surface area contributed by atoms with E-state index in [0.29, 0.717) is 0 Å². The van der Waals surface area contributed by atoms with Gasteiger partial charge < -0.3 is 5.11 Å². The predicted molar refractivity (Wildman–Crippen MR) is 67.4 cm³/mol. The minimum atomic E-state index is -4.56. The van der Waals surface area contributed by atoms with Gasteiger partial charge in [-0.2, -0.15) is 13.2 Å². The molecule has 20 heavy (non-hydrogen) atoms. The normalized spacial score (nSPS) is 13.3. The van der Waals surface area contributed by atoms with Crippen molar-refractivity contribution in [2.75, 3.05) is 0 Å². The Kier molecular flexibility index (Phi) is 4.10. The molecule has 2 nitrogen and oxygen atoms in total. The molecule has 0 fully saturated rings. The average molecular weight is 350 g/mol. The molecule has 2 rings (SSSR count). The van der Waals surface area contributed by atoms with E-state index in [1.165, 1.54) is 24.4 Å². The van der Waals surface area contributed by atoms with Gasteiger partial charge in [-0.05, 0) is 23.8 Å². The summed E-state index contributed by atoms with van der Waals surface area (Å²) in [6.45, 7) is 0. The highest BCUT2D eigenvalue weighted by Crippen LogP contribution is 2.37. The summed E-state index contributed by atoms with van der Waals surface area (Å²) in [6.07, 6.45) is -3.91. The van der Waals surface area contributed by atoms with Crippen molar-refractivity contribution >= 4 is 15.9 Å². The van der Waals surface area contributed by atoms with Crippen LogP contribution < -0.4 is 0 Å². The lowest BCUT2D eigenvalue weighted by Crippen LogP contribution is -2.09. The van der Waals surface area contributed by atoms with Gasteiger partial charge in [0.2, 0.25) is 0 Å². The molecule has 1 unspecified atom stereocenters. The molecule has 0 aliphatic rings. The largest absolute Gasteiger partial charge is 0.417 e. The lowest BCUT2D eigenvalue weighted by molar-refractivity contribution is -0.138. The molecular formula is C13H8BrF4NO. The fourth-order valence-electron chi connectivity index (χ4n) is 1.72. The minimum absolute atomic E-state index is 0.0503. The van der Waals surface area contributed by atoms with E-state index in [0.717, 1.165) is 12.3 Å². The molecule has 1 aromatic heterocycles. The van der Waals surface area contributed by atoms with Crippen LogP contribution in [0.5, 0.6) is 0 Å². The van der Waals surface area contributed by atoms with Crippen molar-refractivity contribution in [2.24, 2.45) is 0 Å². The van der Waals surface area contributed by atoms with Crippen molar-refractivity contribution in [3.63, 3.8) is 0 Å². The molecular weight excluding hydrogens is 342 g/mol. The van der Waals surface area contributed by atoms with Gasteiger partial charge in [0.15, 0.2) is 0 Å². The maximum Gasteiger partial charge on any atom is 0.417 e. The molecule has 0 spiro atoms. The van der Waals surface area contributed by atoms with Crippen molar-refractivity contribution in [1.29, 1.82) is 0 Å². The van der Waals surface area contributed by atoms with Crippen LogP contribution in [0.1, 0.15) is 22.8 Å². The Labute approximate surface area is 120 Å². The molecule has 0 radical (unpaired) electrons. The number of aromatic nitrogens is 1. The van der Waals surface area contributed by atoms with Crippen molar-refractivity contribution in [3.05, 3.63) is 63.6 Å². The molecule has 1 atom stereocenters. The van der Waals surface area contributed by atoms with E-state index < -0.39 is 23.7 Å². The van der Waals surface area contributed by atoms with Crippen LogP contribution >= 0.6 is 15.9 Å². The maximum absolute atomic E-state index is 13.5.